The van der Waals surface area contributed by atoms with E-state index < -0.39 is 5.97 Å². The summed E-state index contributed by atoms with van der Waals surface area (Å²) in [5.74, 6) is 1.05. The number of hydrogen-bond donors (Lipinski definition) is 2. The summed E-state index contributed by atoms with van der Waals surface area (Å²) in [7, 11) is 0. The first-order chi connectivity index (χ1) is 9.15. The highest BCUT2D eigenvalue weighted by atomic mass is 32.2. The molecule has 0 spiro atoms. The van der Waals surface area contributed by atoms with Crippen molar-refractivity contribution in [2.45, 2.75) is 44.2 Å². The van der Waals surface area contributed by atoms with Gasteiger partial charge in [0, 0.05) is 30.1 Å². The maximum Gasteiger partial charge on any atom is 0.304 e. The van der Waals surface area contributed by atoms with Crippen molar-refractivity contribution in [3.8, 4) is 0 Å². The van der Waals surface area contributed by atoms with E-state index in [0.717, 1.165) is 30.9 Å². The van der Waals surface area contributed by atoms with Crippen LogP contribution in [0.25, 0.3) is 0 Å². The largest absolute Gasteiger partial charge is 0.481 e. The van der Waals surface area contributed by atoms with E-state index in [1.807, 2.05) is 4.90 Å². The van der Waals surface area contributed by atoms with Crippen molar-refractivity contribution < 1.29 is 14.7 Å². The standard InChI is InChI=1S/C13H22N2O3S/c16-12(14-10-3-1-2-4-10)8-15-5-6-19-9-11(15)7-13(17)18/h10-11H,1-9H2,(H,14,16)(H,17,18). The summed E-state index contributed by atoms with van der Waals surface area (Å²) in [6.07, 6.45) is 4.70. The van der Waals surface area contributed by atoms with Crippen molar-refractivity contribution in [2.75, 3.05) is 24.6 Å². The average Bonchev–Trinajstić information content (AvgIpc) is 2.83. The molecule has 2 N–H and O–H groups in total. The number of carbonyl (C=O) groups is 2. The molecule has 1 unspecified atom stereocenters. The van der Waals surface area contributed by atoms with Crippen LogP contribution in [-0.2, 0) is 9.59 Å². The molecule has 0 aromatic carbocycles. The predicted octanol–water partition coefficient (Wildman–Crippen LogP) is 0.937. The van der Waals surface area contributed by atoms with Gasteiger partial charge < -0.3 is 10.4 Å². The van der Waals surface area contributed by atoms with Gasteiger partial charge >= 0.3 is 5.97 Å². The van der Waals surface area contributed by atoms with E-state index in [4.69, 9.17) is 5.11 Å². The van der Waals surface area contributed by atoms with E-state index in [1.54, 1.807) is 11.8 Å². The lowest BCUT2D eigenvalue weighted by Crippen LogP contribution is -2.49. The van der Waals surface area contributed by atoms with Gasteiger partial charge in [-0.05, 0) is 12.8 Å². The fourth-order valence-electron chi connectivity index (χ4n) is 2.81. The molecule has 0 bridgehead atoms. The molecule has 1 aliphatic carbocycles. The monoisotopic (exact) mass is 286 g/mol. The number of nitrogens with zero attached hydrogens (tertiary/aromatic N) is 1. The van der Waals surface area contributed by atoms with Crippen LogP contribution in [-0.4, -0.2) is 58.6 Å². The van der Waals surface area contributed by atoms with Crippen molar-refractivity contribution >= 4 is 23.6 Å². The molecule has 0 aromatic rings. The molecule has 5 nitrogen and oxygen atoms in total. The van der Waals surface area contributed by atoms with Gasteiger partial charge in [-0.15, -0.1) is 0 Å². The molecule has 2 rings (SSSR count). The van der Waals surface area contributed by atoms with E-state index in [0.29, 0.717) is 12.6 Å². The summed E-state index contributed by atoms with van der Waals surface area (Å²) in [5, 5.41) is 12.0. The topological polar surface area (TPSA) is 69.6 Å². The SMILES string of the molecule is O=C(O)CC1CSCCN1CC(=O)NC1CCCC1. The minimum atomic E-state index is -0.784. The molecule has 1 aliphatic heterocycles. The second-order valence-electron chi connectivity index (χ2n) is 5.35. The lowest BCUT2D eigenvalue weighted by atomic mass is 10.2. The molecule has 1 amide bonds. The molecular weight excluding hydrogens is 264 g/mol. The Morgan fingerprint density at radius 2 is 2.05 bits per heavy atom. The molecule has 1 saturated heterocycles. The molecule has 108 valence electrons. The Kier molecular flexibility index (Phi) is 5.51. The van der Waals surface area contributed by atoms with Gasteiger partial charge in [-0.1, -0.05) is 12.8 Å². The van der Waals surface area contributed by atoms with Crippen LogP contribution in [0.3, 0.4) is 0 Å². The van der Waals surface area contributed by atoms with Gasteiger partial charge in [0.15, 0.2) is 0 Å². The molecule has 1 heterocycles. The number of aliphatic carboxylic acids is 1. The average molecular weight is 286 g/mol. The van der Waals surface area contributed by atoms with Crippen molar-refractivity contribution in [1.82, 2.24) is 10.2 Å². The van der Waals surface area contributed by atoms with Crippen molar-refractivity contribution in [3.05, 3.63) is 0 Å². The number of thioether (sulfide) groups is 1. The normalized spacial score (nSPS) is 25.4. The van der Waals surface area contributed by atoms with Gasteiger partial charge in [-0.25, -0.2) is 0 Å². The Morgan fingerprint density at radius 3 is 2.74 bits per heavy atom. The fourth-order valence-corrected chi connectivity index (χ4v) is 3.95. The Hall–Kier alpha value is -0.750. The summed E-state index contributed by atoms with van der Waals surface area (Å²) in [6, 6.07) is 0.329. The van der Waals surface area contributed by atoms with E-state index in [-0.39, 0.29) is 18.4 Å². The summed E-state index contributed by atoms with van der Waals surface area (Å²) in [6.45, 7) is 1.15. The lowest BCUT2D eigenvalue weighted by Gasteiger charge is -2.34. The highest BCUT2D eigenvalue weighted by Crippen LogP contribution is 2.20. The van der Waals surface area contributed by atoms with Crippen LogP contribution in [0, 0.1) is 0 Å². The molecule has 1 saturated carbocycles. The maximum atomic E-state index is 12.0. The number of amides is 1. The van der Waals surface area contributed by atoms with Crippen LogP contribution in [0.5, 0.6) is 0 Å². The van der Waals surface area contributed by atoms with Gasteiger partial charge in [0.25, 0.3) is 0 Å². The highest BCUT2D eigenvalue weighted by Gasteiger charge is 2.27. The number of carbonyl (C=O) groups excluding carboxylic acids is 1. The van der Waals surface area contributed by atoms with Crippen LogP contribution >= 0.6 is 11.8 Å². The first-order valence-corrected chi connectivity index (χ1v) is 8.13. The molecule has 0 radical (unpaired) electrons. The van der Waals surface area contributed by atoms with E-state index >= 15 is 0 Å². The molecular formula is C13H22N2O3S. The van der Waals surface area contributed by atoms with Crippen LogP contribution < -0.4 is 5.32 Å². The molecule has 0 aromatic heterocycles. The first kappa shape index (κ1) is 14.7. The highest BCUT2D eigenvalue weighted by molar-refractivity contribution is 7.99. The van der Waals surface area contributed by atoms with Gasteiger partial charge in [-0.2, -0.15) is 11.8 Å². The summed E-state index contributed by atoms with van der Waals surface area (Å²) < 4.78 is 0. The lowest BCUT2D eigenvalue weighted by molar-refractivity contribution is -0.138. The number of rotatable bonds is 5. The van der Waals surface area contributed by atoms with Crippen molar-refractivity contribution in [3.63, 3.8) is 0 Å². The Labute approximate surface area is 118 Å². The van der Waals surface area contributed by atoms with Crippen LogP contribution in [0.2, 0.25) is 0 Å². The zero-order chi connectivity index (χ0) is 13.7. The third kappa shape index (κ3) is 4.69. The number of carboxylic acid groups (broad SMARTS) is 1. The fraction of sp³-hybridized carbons (Fsp3) is 0.846. The van der Waals surface area contributed by atoms with E-state index in [9.17, 15) is 9.59 Å². The van der Waals surface area contributed by atoms with Crippen LogP contribution in [0.1, 0.15) is 32.1 Å². The van der Waals surface area contributed by atoms with Gasteiger partial charge in [-0.3, -0.25) is 14.5 Å². The zero-order valence-corrected chi connectivity index (χ0v) is 12.0. The minimum Gasteiger partial charge on any atom is -0.481 e. The van der Waals surface area contributed by atoms with Gasteiger partial charge in [0.1, 0.15) is 0 Å². The minimum absolute atomic E-state index is 0.00872. The summed E-state index contributed by atoms with van der Waals surface area (Å²) >= 11 is 1.77. The number of hydrogen-bond acceptors (Lipinski definition) is 4. The molecule has 2 aliphatic rings. The molecule has 6 heteroatoms. The number of carboxylic acids is 1. The van der Waals surface area contributed by atoms with Crippen LogP contribution in [0.4, 0.5) is 0 Å². The van der Waals surface area contributed by atoms with E-state index in [2.05, 4.69) is 5.32 Å². The third-order valence-corrected chi connectivity index (χ3v) is 4.92. The van der Waals surface area contributed by atoms with Crippen LogP contribution in [0.15, 0.2) is 0 Å². The number of nitrogens with one attached hydrogen (secondary N) is 1. The predicted molar refractivity (Wildman–Crippen MR) is 75.3 cm³/mol. The van der Waals surface area contributed by atoms with E-state index in [1.165, 1.54) is 12.8 Å². The third-order valence-electron chi connectivity index (χ3n) is 3.83. The molecule has 19 heavy (non-hydrogen) atoms. The Balaban J connectivity index is 1.80. The summed E-state index contributed by atoms with van der Waals surface area (Å²) in [5.41, 5.74) is 0. The van der Waals surface area contributed by atoms with Crippen molar-refractivity contribution in [1.29, 1.82) is 0 Å². The van der Waals surface area contributed by atoms with Gasteiger partial charge in [0.05, 0.1) is 13.0 Å². The zero-order valence-electron chi connectivity index (χ0n) is 11.1. The second-order valence-corrected chi connectivity index (χ2v) is 6.50. The molecule has 1 atom stereocenters. The van der Waals surface area contributed by atoms with Crippen molar-refractivity contribution in [2.24, 2.45) is 0 Å². The smallest absolute Gasteiger partial charge is 0.304 e. The second kappa shape index (κ2) is 7.14. The maximum absolute atomic E-state index is 12.0. The Bertz CT molecular complexity index is 332. The Morgan fingerprint density at radius 1 is 1.32 bits per heavy atom. The summed E-state index contributed by atoms with van der Waals surface area (Å²) in [4.78, 5) is 24.9. The first-order valence-electron chi connectivity index (χ1n) is 6.98. The van der Waals surface area contributed by atoms with Gasteiger partial charge in [0.2, 0.25) is 5.91 Å². The quantitative estimate of drug-likeness (QED) is 0.787. The molecule has 2 fully saturated rings.